The minimum Gasteiger partial charge on any atom is -0.330 e. The molecule has 0 radical (unpaired) electrons. The molecule has 1 amide bonds. The zero-order valence-electron chi connectivity index (χ0n) is 13.2. The summed E-state index contributed by atoms with van der Waals surface area (Å²) in [4.78, 5) is 18.8. The molecule has 3 rings (SSSR count). The van der Waals surface area contributed by atoms with Gasteiger partial charge < -0.3 is 4.90 Å². The highest BCUT2D eigenvalue weighted by atomic mass is 16.2. The smallest absolute Gasteiger partial charge is 0.272 e. The van der Waals surface area contributed by atoms with Crippen molar-refractivity contribution in [2.24, 2.45) is 0 Å². The van der Waals surface area contributed by atoms with Gasteiger partial charge in [-0.3, -0.25) is 9.78 Å². The molecule has 3 heteroatoms. The fourth-order valence-corrected chi connectivity index (χ4v) is 2.59. The molecule has 0 N–H and O–H groups in total. The number of nitrogens with zero attached hydrogens (tertiary/aromatic N) is 2. The van der Waals surface area contributed by atoms with Gasteiger partial charge in [-0.15, -0.1) is 0 Å². The molecule has 0 saturated heterocycles. The van der Waals surface area contributed by atoms with Gasteiger partial charge in [-0.2, -0.15) is 0 Å². The Kier molecular flexibility index (Phi) is 4.23. The second-order valence-corrected chi connectivity index (χ2v) is 6.28. The topological polar surface area (TPSA) is 33.2 Å². The lowest BCUT2D eigenvalue weighted by atomic mass is 10.0. The SMILES string of the molecule is CC(C)c1ccc(CN(C(=O)c2ccccn2)C2CC2)cc1. The first kappa shape index (κ1) is 14.8. The van der Waals surface area contributed by atoms with Crippen molar-refractivity contribution in [2.75, 3.05) is 0 Å². The molecule has 22 heavy (non-hydrogen) atoms. The third-order valence-corrected chi connectivity index (χ3v) is 4.13. The first-order chi connectivity index (χ1) is 10.6. The predicted octanol–water partition coefficient (Wildman–Crippen LogP) is 4.01. The van der Waals surface area contributed by atoms with Gasteiger partial charge in [0.05, 0.1) is 0 Å². The molecular weight excluding hydrogens is 272 g/mol. The molecule has 0 atom stereocenters. The number of amides is 1. The molecule has 1 aliphatic rings. The second kappa shape index (κ2) is 6.30. The summed E-state index contributed by atoms with van der Waals surface area (Å²) in [5.74, 6) is 0.569. The van der Waals surface area contributed by atoms with E-state index in [0.29, 0.717) is 24.2 Å². The van der Waals surface area contributed by atoms with Crippen molar-refractivity contribution in [3.63, 3.8) is 0 Å². The first-order valence-electron chi connectivity index (χ1n) is 7.96. The van der Waals surface area contributed by atoms with Crippen molar-refractivity contribution in [1.82, 2.24) is 9.88 Å². The molecule has 1 saturated carbocycles. The van der Waals surface area contributed by atoms with Crippen molar-refractivity contribution in [2.45, 2.75) is 45.2 Å². The maximum Gasteiger partial charge on any atom is 0.272 e. The summed E-state index contributed by atoms with van der Waals surface area (Å²) in [5.41, 5.74) is 3.05. The molecule has 0 spiro atoms. The van der Waals surface area contributed by atoms with Gasteiger partial charge in [-0.05, 0) is 42.0 Å². The molecule has 0 aliphatic heterocycles. The normalized spacial score (nSPS) is 14.1. The minimum absolute atomic E-state index is 0.0380. The van der Waals surface area contributed by atoms with E-state index in [9.17, 15) is 4.79 Å². The van der Waals surface area contributed by atoms with Crippen LogP contribution >= 0.6 is 0 Å². The zero-order valence-corrected chi connectivity index (χ0v) is 13.2. The number of hydrogen-bond donors (Lipinski definition) is 0. The highest BCUT2D eigenvalue weighted by Gasteiger charge is 2.33. The van der Waals surface area contributed by atoms with E-state index in [0.717, 1.165) is 12.8 Å². The molecule has 1 aliphatic carbocycles. The van der Waals surface area contributed by atoms with Gasteiger partial charge in [0.15, 0.2) is 0 Å². The number of benzene rings is 1. The van der Waals surface area contributed by atoms with Gasteiger partial charge in [0, 0.05) is 18.8 Å². The van der Waals surface area contributed by atoms with Crippen LogP contribution in [0.1, 0.15) is 54.2 Å². The van der Waals surface area contributed by atoms with Crippen molar-refractivity contribution in [3.05, 3.63) is 65.5 Å². The van der Waals surface area contributed by atoms with Crippen LogP contribution in [0.3, 0.4) is 0 Å². The van der Waals surface area contributed by atoms with Crippen molar-refractivity contribution in [1.29, 1.82) is 0 Å². The summed E-state index contributed by atoms with van der Waals surface area (Å²) in [6.45, 7) is 5.05. The molecular formula is C19H22N2O. The fraction of sp³-hybridized carbons (Fsp3) is 0.368. The van der Waals surface area contributed by atoms with Crippen LogP contribution in [-0.4, -0.2) is 21.8 Å². The van der Waals surface area contributed by atoms with Gasteiger partial charge in [0.25, 0.3) is 5.91 Å². The Labute approximate surface area is 132 Å². The fourth-order valence-electron chi connectivity index (χ4n) is 2.59. The Balaban J connectivity index is 1.76. The molecule has 0 bridgehead atoms. The number of aromatic nitrogens is 1. The molecule has 1 heterocycles. The number of pyridine rings is 1. The van der Waals surface area contributed by atoms with Gasteiger partial charge in [0.2, 0.25) is 0 Å². The lowest BCUT2D eigenvalue weighted by Gasteiger charge is -2.22. The van der Waals surface area contributed by atoms with Crippen LogP contribution in [0.2, 0.25) is 0 Å². The number of rotatable bonds is 5. The van der Waals surface area contributed by atoms with Crippen LogP contribution < -0.4 is 0 Å². The van der Waals surface area contributed by atoms with E-state index >= 15 is 0 Å². The van der Waals surface area contributed by atoms with Crippen LogP contribution in [0, 0.1) is 0 Å². The molecule has 1 aromatic heterocycles. The van der Waals surface area contributed by atoms with Crippen LogP contribution in [0.15, 0.2) is 48.7 Å². The summed E-state index contributed by atoms with van der Waals surface area (Å²) in [6, 6.07) is 14.5. The number of carbonyl (C=O) groups is 1. The number of carbonyl (C=O) groups excluding carboxylic acids is 1. The van der Waals surface area contributed by atoms with Gasteiger partial charge in [0.1, 0.15) is 5.69 Å². The second-order valence-electron chi connectivity index (χ2n) is 6.28. The van der Waals surface area contributed by atoms with E-state index in [-0.39, 0.29) is 5.91 Å². The van der Waals surface area contributed by atoms with Gasteiger partial charge >= 0.3 is 0 Å². The maximum absolute atomic E-state index is 12.7. The summed E-state index contributed by atoms with van der Waals surface area (Å²) in [5, 5.41) is 0. The number of hydrogen-bond acceptors (Lipinski definition) is 2. The predicted molar refractivity (Wildman–Crippen MR) is 87.7 cm³/mol. The molecule has 3 nitrogen and oxygen atoms in total. The van der Waals surface area contributed by atoms with Crippen molar-refractivity contribution >= 4 is 5.91 Å². The van der Waals surface area contributed by atoms with Crippen LogP contribution in [0.25, 0.3) is 0 Å². The van der Waals surface area contributed by atoms with Crippen LogP contribution in [0.4, 0.5) is 0 Å². The lowest BCUT2D eigenvalue weighted by Crippen LogP contribution is -2.33. The highest BCUT2D eigenvalue weighted by Crippen LogP contribution is 2.29. The van der Waals surface area contributed by atoms with E-state index in [1.807, 2.05) is 17.0 Å². The summed E-state index contributed by atoms with van der Waals surface area (Å²) in [6.07, 6.45) is 3.88. The van der Waals surface area contributed by atoms with E-state index in [1.165, 1.54) is 11.1 Å². The molecule has 114 valence electrons. The molecule has 2 aromatic rings. The third-order valence-electron chi connectivity index (χ3n) is 4.13. The Morgan fingerprint density at radius 1 is 1.18 bits per heavy atom. The van der Waals surface area contributed by atoms with Crippen LogP contribution in [-0.2, 0) is 6.54 Å². The average molecular weight is 294 g/mol. The Morgan fingerprint density at radius 3 is 2.45 bits per heavy atom. The van der Waals surface area contributed by atoms with Crippen molar-refractivity contribution in [3.8, 4) is 0 Å². The largest absolute Gasteiger partial charge is 0.330 e. The Hall–Kier alpha value is -2.16. The third kappa shape index (κ3) is 3.35. The summed E-state index contributed by atoms with van der Waals surface area (Å²) >= 11 is 0. The summed E-state index contributed by atoms with van der Waals surface area (Å²) < 4.78 is 0. The molecule has 0 unspecified atom stereocenters. The quantitative estimate of drug-likeness (QED) is 0.834. The molecule has 1 fully saturated rings. The highest BCUT2D eigenvalue weighted by molar-refractivity contribution is 5.92. The van der Waals surface area contributed by atoms with E-state index in [1.54, 1.807) is 12.3 Å². The van der Waals surface area contributed by atoms with Gasteiger partial charge in [-0.25, -0.2) is 0 Å². The standard InChI is InChI=1S/C19H22N2O/c1-14(2)16-8-6-15(7-9-16)13-21(17-10-11-17)19(22)18-5-3-4-12-20-18/h3-9,12,14,17H,10-11,13H2,1-2H3. The minimum atomic E-state index is 0.0380. The lowest BCUT2D eigenvalue weighted by molar-refractivity contribution is 0.0724. The van der Waals surface area contributed by atoms with E-state index < -0.39 is 0 Å². The molecule has 1 aromatic carbocycles. The summed E-state index contributed by atoms with van der Waals surface area (Å²) in [7, 11) is 0. The monoisotopic (exact) mass is 294 g/mol. The average Bonchev–Trinajstić information content (AvgIpc) is 3.38. The van der Waals surface area contributed by atoms with Crippen molar-refractivity contribution < 1.29 is 4.79 Å². The van der Waals surface area contributed by atoms with E-state index in [2.05, 4.69) is 43.1 Å². The van der Waals surface area contributed by atoms with E-state index in [4.69, 9.17) is 0 Å². The van der Waals surface area contributed by atoms with Gasteiger partial charge in [-0.1, -0.05) is 44.2 Å². The Morgan fingerprint density at radius 2 is 1.91 bits per heavy atom. The Bertz CT molecular complexity index is 630. The maximum atomic E-state index is 12.7. The van der Waals surface area contributed by atoms with Crippen LogP contribution in [0.5, 0.6) is 0 Å². The zero-order chi connectivity index (χ0) is 15.5. The first-order valence-corrected chi connectivity index (χ1v) is 7.96.